The maximum absolute atomic E-state index is 12.5. The number of thiophene rings is 1. The summed E-state index contributed by atoms with van der Waals surface area (Å²) in [6.07, 6.45) is 4.22. The van der Waals surface area contributed by atoms with Gasteiger partial charge in [0.25, 0.3) is 0 Å². The van der Waals surface area contributed by atoms with E-state index in [9.17, 15) is 4.79 Å². The van der Waals surface area contributed by atoms with Gasteiger partial charge < -0.3 is 16.3 Å². The van der Waals surface area contributed by atoms with Gasteiger partial charge in [0.15, 0.2) is 5.84 Å². The molecule has 1 amide bonds. The van der Waals surface area contributed by atoms with Gasteiger partial charge in [-0.05, 0) is 40.9 Å². The minimum atomic E-state index is -0.846. The van der Waals surface area contributed by atoms with Crippen LogP contribution in [0.4, 0.5) is 0 Å². The number of oxime groups is 1. The summed E-state index contributed by atoms with van der Waals surface area (Å²) in [6.45, 7) is 0.468. The Kier molecular flexibility index (Phi) is 5.04. The van der Waals surface area contributed by atoms with Crippen LogP contribution < -0.4 is 11.1 Å². The Balaban J connectivity index is 2.07. The maximum Gasteiger partial charge on any atom is 0.234 e. The molecule has 5 nitrogen and oxygen atoms in total. The Morgan fingerprint density at radius 1 is 1.45 bits per heavy atom. The van der Waals surface area contributed by atoms with Crippen LogP contribution in [0.3, 0.4) is 0 Å². The van der Waals surface area contributed by atoms with Crippen LogP contribution in [0.15, 0.2) is 21.1 Å². The first-order valence-corrected chi connectivity index (χ1v) is 8.20. The van der Waals surface area contributed by atoms with Gasteiger partial charge >= 0.3 is 0 Å². The van der Waals surface area contributed by atoms with Crippen molar-refractivity contribution in [3.8, 4) is 0 Å². The van der Waals surface area contributed by atoms with Gasteiger partial charge in [-0.2, -0.15) is 0 Å². The van der Waals surface area contributed by atoms with Crippen LogP contribution in [0.5, 0.6) is 0 Å². The molecule has 0 spiro atoms. The molecule has 1 aliphatic rings. The van der Waals surface area contributed by atoms with Gasteiger partial charge in [-0.1, -0.05) is 24.4 Å². The molecule has 2 rings (SSSR count). The summed E-state index contributed by atoms with van der Waals surface area (Å²) in [4.78, 5) is 13.6. The monoisotopic (exact) mass is 359 g/mol. The first kappa shape index (κ1) is 15.3. The second-order valence-corrected chi connectivity index (χ2v) is 7.56. The van der Waals surface area contributed by atoms with Crippen molar-refractivity contribution in [2.75, 3.05) is 0 Å². The Morgan fingerprint density at radius 2 is 2.15 bits per heavy atom. The quantitative estimate of drug-likeness (QED) is 0.334. The second-order valence-electron chi connectivity index (χ2n) is 5.02. The lowest BCUT2D eigenvalue weighted by molar-refractivity contribution is -0.129. The molecule has 1 aromatic heterocycles. The molecule has 0 saturated heterocycles. The smallest absolute Gasteiger partial charge is 0.234 e. The Bertz CT molecular complexity index is 509. The van der Waals surface area contributed by atoms with Gasteiger partial charge in [-0.15, -0.1) is 11.3 Å². The average molecular weight is 360 g/mol. The SMILES string of the molecule is NC(=NO)C1(C(=O)NCc2ccc(Br)s2)CCCCC1. The van der Waals surface area contributed by atoms with Crippen LogP contribution in [0, 0.1) is 5.41 Å². The van der Waals surface area contributed by atoms with Crippen molar-refractivity contribution < 1.29 is 10.0 Å². The van der Waals surface area contributed by atoms with Gasteiger partial charge in [0, 0.05) is 4.88 Å². The molecule has 0 bridgehead atoms. The number of nitrogens with zero attached hydrogens (tertiary/aromatic N) is 1. The molecule has 4 N–H and O–H groups in total. The van der Waals surface area contributed by atoms with Gasteiger partial charge in [-0.25, -0.2) is 0 Å². The summed E-state index contributed by atoms with van der Waals surface area (Å²) in [6, 6.07) is 3.91. The van der Waals surface area contributed by atoms with E-state index in [-0.39, 0.29) is 11.7 Å². The zero-order valence-electron chi connectivity index (χ0n) is 11.1. The second kappa shape index (κ2) is 6.58. The highest BCUT2D eigenvalue weighted by molar-refractivity contribution is 9.11. The van der Waals surface area contributed by atoms with E-state index in [2.05, 4.69) is 26.4 Å². The van der Waals surface area contributed by atoms with Crippen molar-refractivity contribution in [1.29, 1.82) is 0 Å². The van der Waals surface area contributed by atoms with E-state index in [1.54, 1.807) is 11.3 Å². The molecule has 0 unspecified atom stereocenters. The highest BCUT2D eigenvalue weighted by Crippen LogP contribution is 2.37. The van der Waals surface area contributed by atoms with Gasteiger partial charge in [0.2, 0.25) is 5.91 Å². The molecule has 110 valence electrons. The number of carbonyl (C=O) groups is 1. The van der Waals surface area contributed by atoms with Crippen molar-refractivity contribution >= 4 is 39.0 Å². The molecule has 0 atom stereocenters. The lowest BCUT2D eigenvalue weighted by Crippen LogP contribution is -2.50. The summed E-state index contributed by atoms with van der Waals surface area (Å²) in [5.41, 5.74) is 4.95. The lowest BCUT2D eigenvalue weighted by Gasteiger charge is -2.34. The van der Waals surface area contributed by atoms with Gasteiger partial charge in [0.1, 0.15) is 5.41 Å². The molecular weight excluding hydrogens is 342 g/mol. The molecule has 0 aromatic carbocycles. The number of halogens is 1. The van der Waals surface area contributed by atoms with Crippen molar-refractivity contribution in [3.05, 3.63) is 20.8 Å². The van der Waals surface area contributed by atoms with Crippen molar-refractivity contribution in [2.45, 2.75) is 38.6 Å². The fourth-order valence-electron chi connectivity index (χ4n) is 2.63. The molecule has 7 heteroatoms. The van der Waals surface area contributed by atoms with Crippen LogP contribution >= 0.6 is 27.3 Å². The number of amides is 1. The molecule has 0 aliphatic heterocycles. The van der Waals surface area contributed by atoms with E-state index in [0.717, 1.165) is 27.9 Å². The molecule has 20 heavy (non-hydrogen) atoms. The first-order chi connectivity index (χ1) is 9.58. The summed E-state index contributed by atoms with van der Waals surface area (Å²) >= 11 is 4.97. The standard InChI is InChI=1S/C13H18BrN3O2S/c14-10-5-4-9(20-10)8-16-12(18)13(11(15)17-19)6-2-1-3-7-13/h4-5,19H,1-3,6-8H2,(H2,15,17)(H,16,18). The fraction of sp³-hybridized carbons (Fsp3) is 0.538. The van der Waals surface area contributed by atoms with E-state index < -0.39 is 5.41 Å². The predicted octanol–water partition coefficient (Wildman–Crippen LogP) is 2.82. The van der Waals surface area contributed by atoms with Gasteiger partial charge in [-0.3, -0.25) is 4.79 Å². The zero-order chi connectivity index (χ0) is 14.6. The maximum atomic E-state index is 12.5. The van der Waals surface area contributed by atoms with Crippen LogP contribution in [-0.4, -0.2) is 17.0 Å². The molecule has 1 saturated carbocycles. The third-order valence-electron chi connectivity index (χ3n) is 3.79. The number of hydrogen-bond acceptors (Lipinski definition) is 4. The number of amidine groups is 1. The van der Waals surface area contributed by atoms with Gasteiger partial charge in [0.05, 0.1) is 10.3 Å². The fourth-order valence-corrected chi connectivity index (χ4v) is 4.06. The summed E-state index contributed by atoms with van der Waals surface area (Å²) < 4.78 is 1.03. The van der Waals surface area contributed by atoms with Crippen molar-refractivity contribution in [3.63, 3.8) is 0 Å². The minimum absolute atomic E-state index is 0.0297. The number of rotatable bonds is 4. The predicted molar refractivity (Wildman–Crippen MR) is 82.8 cm³/mol. The van der Waals surface area contributed by atoms with Crippen LogP contribution in [0.1, 0.15) is 37.0 Å². The zero-order valence-corrected chi connectivity index (χ0v) is 13.5. The normalized spacial score (nSPS) is 18.8. The van der Waals surface area contributed by atoms with E-state index in [1.165, 1.54) is 0 Å². The van der Waals surface area contributed by atoms with E-state index in [1.807, 2.05) is 12.1 Å². The van der Waals surface area contributed by atoms with E-state index in [0.29, 0.717) is 19.4 Å². The molecule has 0 radical (unpaired) electrons. The number of nitrogens with one attached hydrogen (secondary N) is 1. The Labute approximate surface area is 130 Å². The van der Waals surface area contributed by atoms with Crippen LogP contribution in [0.2, 0.25) is 0 Å². The first-order valence-electron chi connectivity index (χ1n) is 6.59. The number of carbonyl (C=O) groups excluding carboxylic acids is 1. The molecule has 1 aliphatic carbocycles. The topological polar surface area (TPSA) is 87.7 Å². The highest BCUT2D eigenvalue weighted by atomic mass is 79.9. The third-order valence-corrected chi connectivity index (χ3v) is 5.42. The highest BCUT2D eigenvalue weighted by Gasteiger charge is 2.43. The molecule has 1 aromatic rings. The van der Waals surface area contributed by atoms with Crippen LogP contribution in [0.25, 0.3) is 0 Å². The number of nitrogens with two attached hydrogens (primary N) is 1. The number of hydrogen-bond donors (Lipinski definition) is 3. The summed E-state index contributed by atoms with van der Waals surface area (Å²) in [5, 5.41) is 15.0. The van der Waals surface area contributed by atoms with Crippen molar-refractivity contribution in [1.82, 2.24) is 5.32 Å². The van der Waals surface area contributed by atoms with E-state index in [4.69, 9.17) is 10.9 Å². The molecule has 1 heterocycles. The molecule has 1 fully saturated rings. The minimum Gasteiger partial charge on any atom is -0.409 e. The summed E-state index contributed by atoms with van der Waals surface area (Å²) in [7, 11) is 0. The largest absolute Gasteiger partial charge is 0.409 e. The van der Waals surface area contributed by atoms with Crippen molar-refractivity contribution in [2.24, 2.45) is 16.3 Å². The van der Waals surface area contributed by atoms with Crippen LogP contribution in [-0.2, 0) is 11.3 Å². The lowest BCUT2D eigenvalue weighted by atomic mass is 9.72. The third kappa shape index (κ3) is 3.15. The Hall–Kier alpha value is -1.08. The van der Waals surface area contributed by atoms with E-state index >= 15 is 0 Å². The average Bonchev–Trinajstić information content (AvgIpc) is 2.90. The summed E-state index contributed by atoms with van der Waals surface area (Å²) in [5.74, 6) is -0.112. The molecular formula is C13H18BrN3O2S. The Morgan fingerprint density at radius 3 is 2.70 bits per heavy atom.